The molecule has 0 radical (unpaired) electrons. The standard InChI is InChI=1S/C16H14BrFN2O2/c17-13-6-3-5-11(8-13)16-19(10-15(21)20(16)22)9-12-4-1-2-7-14(12)18/h1-8,16,22H,9-10H2. The summed E-state index contributed by atoms with van der Waals surface area (Å²) in [4.78, 5) is 13.6. The molecule has 114 valence electrons. The second-order valence-corrected chi connectivity index (χ2v) is 6.08. The third-order valence-corrected chi connectivity index (χ3v) is 4.14. The molecule has 6 heteroatoms. The van der Waals surface area contributed by atoms with Crippen molar-refractivity contribution in [3.8, 4) is 0 Å². The van der Waals surface area contributed by atoms with Crippen molar-refractivity contribution in [3.63, 3.8) is 0 Å². The maximum absolute atomic E-state index is 13.8. The molecule has 1 saturated heterocycles. The molecule has 0 spiro atoms. The molecule has 22 heavy (non-hydrogen) atoms. The first-order valence-corrected chi connectivity index (χ1v) is 7.59. The van der Waals surface area contributed by atoms with E-state index in [-0.39, 0.29) is 18.9 Å². The number of hydroxylamine groups is 2. The van der Waals surface area contributed by atoms with E-state index in [4.69, 9.17) is 0 Å². The van der Waals surface area contributed by atoms with E-state index in [9.17, 15) is 14.4 Å². The van der Waals surface area contributed by atoms with E-state index in [2.05, 4.69) is 15.9 Å². The van der Waals surface area contributed by atoms with Crippen LogP contribution in [0.4, 0.5) is 4.39 Å². The van der Waals surface area contributed by atoms with Gasteiger partial charge < -0.3 is 0 Å². The van der Waals surface area contributed by atoms with Gasteiger partial charge in [0.05, 0.1) is 6.54 Å². The fourth-order valence-corrected chi connectivity index (χ4v) is 3.05. The van der Waals surface area contributed by atoms with Crippen LogP contribution in [0.2, 0.25) is 0 Å². The van der Waals surface area contributed by atoms with Gasteiger partial charge in [0.2, 0.25) is 0 Å². The second-order valence-electron chi connectivity index (χ2n) is 5.16. The highest BCUT2D eigenvalue weighted by atomic mass is 79.9. The molecule has 1 aliphatic heterocycles. The van der Waals surface area contributed by atoms with Gasteiger partial charge in [0.25, 0.3) is 5.91 Å². The molecule has 2 aromatic carbocycles. The lowest BCUT2D eigenvalue weighted by Crippen LogP contribution is -2.29. The van der Waals surface area contributed by atoms with Crippen molar-refractivity contribution in [2.45, 2.75) is 12.7 Å². The number of halogens is 2. The van der Waals surface area contributed by atoms with Gasteiger partial charge in [0.1, 0.15) is 12.0 Å². The number of hydrogen-bond donors (Lipinski definition) is 1. The number of nitrogens with zero attached hydrogens (tertiary/aromatic N) is 2. The molecular weight excluding hydrogens is 351 g/mol. The Balaban J connectivity index is 1.92. The van der Waals surface area contributed by atoms with Crippen molar-refractivity contribution < 1.29 is 14.4 Å². The Morgan fingerprint density at radius 1 is 1.23 bits per heavy atom. The molecule has 1 atom stereocenters. The SMILES string of the molecule is O=C1CN(Cc2ccccc2F)C(c2cccc(Br)c2)N1O. The molecule has 0 aliphatic carbocycles. The average molecular weight is 365 g/mol. The number of hydrogen-bond acceptors (Lipinski definition) is 3. The van der Waals surface area contributed by atoms with Gasteiger partial charge in [-0.25, -0.2) is 9.45 Å². The van der Waals surface area contributed by atoms with Crippen LogP contribution in [-0.2, 0) is 11.3 Å². The van der Waals surface area contributed by atoms with Crippen molar-refractivity contribution in [1.82, 2.24) is 9.96 Å². The third-order valence-electron chi connectivity index (χ3n) is 3.65. The summed E-state index contributed by atoms with van der Waals surface area (Å²) in [7, 11) is 0. The van der Waals surface area contributed by atoms with Crippen molar-refractivity contribution >= 4 is 21.8 Å². The van der Waals surface area contributed by atoms with Gasteiger partial charge in [-0.15, -0.1) is 0 Å². The minimum Gasteiger partial charge on any atom is -0.284 e. The third kappa shape index (κ3) is 2.90. The first kappa shape index (κ1) is 15.1. The minimum atomic E-state index is -0.621. The highest BCUT2D eigenvalue weighted by molar-refractivity contribution is 9.10. The molecule has 1 heterocycles. The van der Waals surface area contributed by atoms with Gasteiger partial charge in [-0.1, -0.05) is 46.3 Å². The van der Waals surface area contributed by atoms with Crippen LogP contribution >= 0.6 is 15.9 Å². The zero-order chi connectivity index (χ0) is 15.7. The Bertz CT molecular complexity index is 710. The van der Waals surface area contributed by atoms with E-state index < -0.39 is 12.1 Å². The molecule has 1 fully saturated rings. The van der Waals surface area contributed by atoms with Crippen LogP contribution in [0.5, 0.6) is 0 Å². The van der Waals surface area contributed by atoms with Gasteiger partial charge >= 0.3 is 0 Å². The number of carbonyl (C=O) groups is 1. The Kier molecular flexibility index (Phi) is 4.24. The predicted molar refractivity (Wildman–Crippen MR) is 82.3 cm³/mol. The lowest BCUT2D eigenvalue weighted by Gasteiger charge is -2.26. The topological polar surface area (TPSA) is 43.8 Å². The van der Waals surface area contributed by atoms with E-state index >= 15 is 0 Å². The number of carbonyl (C=O) groups excluding carboxylic acids is 1. The molecule has 0 aromatic heterocycles. The van der Waals surface area contributed by atoms with Crippen LogP contribution in [-0.4, -0.2) is 27.6 Å². The van der Waals surface area contributed by atoms with Gasteiger partial charge in [0.15, 0.2) is 0 Å². The lowest BCUT2D eigenvalue weighted by molar-refractivity contribution is -0.170. The number of benzene rings is 2. The Morgan fingerprint density at radius 3 is 2.73 bits per heavy atom. The van der Waals surface area contributed by atoms with E-state index in [0.717, 1.165) is 10.0 Å². The minimum absolute atomic E-state index is 0.0437. The first-order chi connectivity index (χ1) is 10.6. The smallest absolute Gasteiger partial charge is 0.262 e. The summed E-state index contributed by atoms with van der Waals surface area (Å²) in [5.41, 5.74) is 1.25. The Morgan fingerprint density at radius 2 is 2.00 bits per heavy atom. The van der Waals surface area contributed by atoms with E-state index in [1.165, 1.54) is 6.07 Å². The summed E-state index contributed by atoms with van der Waals surface area (Å²) in [6.45, 7) is 0.286. The molecule has 0 bridgehead atoms. The zero-order valence-corrected chi connectivity index (χ0v) is 13.2. The van der Waals surface area contributed by atoms with Gasteiger partial charge in [-0.2, -0.15) is 0 Å². The molecule has 1 N–H and O–H groups in total. The van der Waals surface area contributed by atoms with E-state index in [1.807, 2.05) is 24.3 Å². The molecular formula is C16H14BrFN2O2. The van der Waals surface area contributed by atoms with Crippen LogP contribution in [0.25, 0.3) is 0 Å². The zero-order valence-electron chi connectivity index (χ0n) is 11.6. The maximum Gasteiger partial charge on any atom is 0.262 e. The summed E-state index contributed by atoms with van der Waals surface area (Å²) in [6, 6.07) is 13.8. The second kappa shape index (κ2) is 6.16. The van der Waals surface area contributed by atoms with Crippen LogP contribution < -0.4 is 0 Å². The van der Waals surface area contributed by atoms with Crippen LogP contribution in [0.1, 0.15) is 17.3 Å². The molecule has 1 unspecified atom stereocenters. The highest BCUT2D eigenvalue weighted by Gasteiger charge is 2.38. The maximum atomic E-state index is 13.8. The molecule has 4 nitrogen and oxygen atoms in total. The van der Waals surface area contributed by atoms with Crippen molar-refractivity contribution in [1.29, 1.82) is 0 Å². The number of rotatable bonds is 3. The quantitative estimate of drug-likeness (QED) is 0.849. The summed E-state index contributed by atoms with van der Waals surface area (Å²) < 4.78 is 14.7. The number of amides is 1. The Labute approximate surface area is 135 Å². The van der Waals surface area contributed by atoms with Crippen LogP contribution in [0, 0.1) is 5.82 Å². The summed E-state index contributed by atoms with van der Waals surface area (Å²) in [6.07, 6.45) is -0.621. The first-order valence-electron chi connectivity index (χ1n) is 6.80. The van der Waals surface area contributed by atoms with Crippen LogP contribution in [0.15, 0.2) is 53.0 Å². The average Bonchev–Trinajstić information content (AvgIpc) is 2.76. The fraction of sp³-hybridized carbons (Fsp3) is 0.188. The fourth-order valence-electron chi connectivity index (χ4n) is 2.63. The molecule has 1 amide bonds. The monoisotopic (exact) mass is 364 g/mol. The Hall–Kier alpha value is -1.76. The van der Waals surface area contributed by atoms with Crippen LogP contribution in [0.3, 0.4) is 0 Å². The highest BCUT2D eigenvalue weighted by Crippen LogP contribution is 2.32. The normalized spacial score (nSPS) is 19.0. The largest absolute Gasteiger partial charge is 0.284 e. The summed E-state index contributed by atoms with van der Waals surface area (Å²) in [5.74, 6) is -0.722. The van der Waals surface area contributed by atoms with Gasteiger partial charge in [-0.05, 0) is 23.8 Å². The van der Waals surface area contributed by atoms with Crippen molar-refractivity contribution in [2.24, 2.45) is 0 Å². The molecule has 3 rings (SSSR count). The molecule has 1 aliphatic rings. The summed E-state index contributed by atoms with van der Waals surface area (Å²) >= 11 is 3.38. The predicted octanol–water partition coefficient (Wildman–Crippen LogP) is 3.32. The summed E-state index contributed by atoms with van der Waals surface area (Å²) in [5, 5.41) is 10.8. The van der Waals surface area contributed by atoms with Crippen molar-refractivity contribution in [3.05, 3.63) is 69.9 Å². The van der Waals surface area contributed by atoms with Crippen molar-refractivity contribution in [2.75, 3.05) is 6.54 Å². The molecule has 2 aromatic rings. The van der Waals surface area contributed by atoms with E-state index in [1.54, 1.807) is 23.1 Å². The van der Waals surface area contributed by atoms with E-state index in [0.29, 0.717) is 10.6 Å². The lowest BCUT2D eigenvalue weighted by atomic mass is 10.1. The van der Waals surface area contributed by atoms with Gasteiger partial charge in [-0.3, -0.25) is 14.9 Å². The molecule has 0 saturated carbocycles. The van der Waals surface area contributed by atoms with Gasteiger partial charge in [0, 0.05) is 16.6 Å².